The number of hydrogen-bond acceptors (Lipinski definition) is 5. The Morgan fingerprint density at radius 1 is 1.36 bits per heavy atom. The van der Waals surface area contributed by atoms with E-state index in [9.17, 15) is 8.42 Å². The SMILES string of the molecule is O=S1(=O)CCC(NCC(O)CO)CC1. The number of nitrogens with one attached hydrogen (secondary N) is 1. The Bertz CT molecular complexity index is 251. The van der Waals surface area contributed by atoms with Gasteiger partial charge >= 0.3 is 0 Å². The summed E-state index contributed by atoms with van der Waals surface area (Å²) in [4.78, 5) is 0. The molecule has 0 aromatic heterocycles. The van der Waals surface area contributed by atoms with Crippen LogP contribution in [0.3, 0.4) is 0 Å². The molecule has 0 amide bonds. The summed E-state index contributed by atoms with van der Waals surface area (Å²) in [5.41, 5.74) is 0. The van der Waals surface area contributed by atoms with Crippen LogP contribution in [0.5, 0.6) is 0 Å². The average molecular weight is 223 g/mol. The minimum Gasteiger partial charge on any atom is -0.394 e. The van der Waals surface area contributed by atoms with Gasteiger partial charge in [-0.25, -0.2) is 8.42 Å². The predicted molar refractivity (Wildman–Crippen MR) is 52.8 cm³/mol. The van der Waals surface area contributed by atoms with Crippen LogP contribution in [0.25, 0.3) is 0 Å². The summed E-state index contributed by atoms with van der Waals surface area (Å²) in [7, 11) is -2.81. The van der Waals surface area contributed by atoms with E-state index in [2.05, 4.69) is 5.32 Å². The quantitative estimate of drug-likeness (QED) is 0.540. The first-order chi connectivity index (χ1) is 6.53. The molecular weight excluding hydrogens is 206 g/mol. The Hall–Kier alpha value is -0.170. The summed E-state index contributed by atoms with van der Waals surface area (Å²) in [6.07, 6.45) is 0.439. The van der Waals surface area contributed by atoms with Gasteiger partial charge in [-0.2, -0.15) is 0 Å². The Morgan fingerprint density at radius 2 is 1.93 bits per heavy atom. The maximum Gasteiger partial charge on any atom is 0.150 e. The number of sulfone groups is 1. The molecule has 0 radical (unpaired) electrons. The third-order valence-corrected chi connectivity index (χ3v) is 4.12. The van der Waals surface area contributed by atoms with Gasteiger partial charge in [0.1, 0.15) is 9.84 Å². The Balaban J connectivity index is 2.23. The average Bonchev–Trinajstić information content (AvgIpc) is 2.16. The first-order valence-electron chi connectivity index (χ1n) is 4.76. The van der Waals surface area contributed by atoms with Gasteiger partial charge in [-0.3, -0.25) is 0 Å². The van der Waals surface area contributed by atoms with Crippen molar-refractivity contribution >= 4 is 9.84 Å². The largest absolute Gasteiger partial charge is 0.394 e. The van der Waals surface area contributed by atoms with E-state index in [1.54, 1.807) is 0 Å². The van der Waals surface area contributed by atoms with Gasteiger partial charge in [0.05, 0.1) is 24.2 Å². The van der Waals surface area contributed by atoms with Gasteiger partial charge in [0.15, 0.2) is 0 Å². The lowest BCUT2D eigenvalue weighted by Crippen LogP contribution is -2.41. The van der Waals surface area contributed by atoms with E-state index in [4.69, 9.17) is 10.2 Å². The van der Waals surface area contributed by atoms with Gasteiger partial charge in [-0.05, 0) is 12.8 Å². The van der Waals surface area contributed by atoms with Crippen LogP contribution in [0.2, 0.25) is 0 Å². The Kier molecular flexibility index (Phi) is 4.31. The molecule has 14 heavy (non-hydrogen) atoms. The second-order valence-corrected chi connectivity index (χ2v) is 5.97. The first-order valence-corrected chi connectivity index (χ1v) is 6.58. The minimum absolute atomic E-state index is 0.153. The topological polar surface area (TPSA) is 86.6 Å². The molecule has 0 aromatic carbocycles. The van der Waals surface area contributed by atoms with Gasteiger partial charge in [-0.15, -0.1) is 0 Å². The van der Waals surface area contributed by atoms with Gasteiger partial charge in [0.2, 0.25) is 0 Å². The van der Waals surface area contributed by atoms with Crippen LogP contribution in [0, 0.1) is 0 Å². The van der Waals surface area contributed by atoms with E-state index in [1.165, 1.54) is 0 Å². The second kappa shape index (κ2) is 5.06. The fraction of sp³-hybridized carbons (Fsp3) is 1.00. The molecule has 3 N–H and O–H groups in total. The molecule has 0 saturated carbocycles. The van der Waals surface area contributed by atoms with E-state index in [1.807, 2.05) is 0 Å². The van der Waals surface area contributed by atoms with Crippen LogP contribution in [0.15, 0.2) is 0 Å². The van der Waals surface area contributed by atoms with E-state index >= 15 is 0 Å². The van der Waals surface area contributed by atoms with Crippen molar-refractivity contribution < 1.29 is 18.6 Å². The zero-order valence-electron chi connectivity index (χ0n) is 8.02. The highest BCUT2D eigenvalue weighted by Gasteiger charge is 2.23. The van der Waals surface area contributed by atoms with Crippen LogP contribution in [0.1, 0.15) is 12.8 Å². The maximum absolute atomic E-state index is 11.1. The molecule has 1 aliphatic rings. The molecule has 0 aromatic rings. The summed E-state index contributed by atoms with van der Waals surface area (Å²) < 4.78 is 22.1. The van der Waals surface area contributed by atoms with Crippen molar-refractivity contribution in [3.05, 3.63) is 0 Å². The van der Waals surface area contributed by atoms with Gasteiger partial charge in [-0.1, -0.05) is 0 Å². The monoisotopic (exact) mass is 223 g/mol. The van der Waals surface area contributed by atoms with Crippen molar-refractivity contribution in [2.45, 2.75) is 25.0 Å². The lowest BCUT2D eigenvalue weighted by Gasteiger charge is -2.23. The van der Waals surface area contributed by atoms with Crippen LogP contribution in [-0.2, 0) is 9.84 Å². The maximum atomic E-state index is 11.1. The zero-order chi connectivity index (χ0) is 10.6. The van der Waals surface area contributed by atoms with Gasteiger partial charge in [0.25, 0.3) is 0 Å². The normalized spacial score (nSPS) is 24.7. The molecule has 1 heterocycles. The van der Waals surface area contributed by atoms with Crippen LogP contribution < -0.4 is 5.32 Å². The smallest absolute Gasteiger partial charge is 0.150 e. The molecule has 1 atom stereocenters. The lowest BCUT2D eigenvalue weighted by molar-refractivity contribution is 0.0915. The van der Waals surface area contributed by atoms with Gasteiger partial charge < -0.3 is 15.5 Å². The highest BCUT2D eigenvalue weighted by Crippen LogP contribution is 2.11. The standard InChI is InChI=1S/C8H17NO4S/c10-6-8(11)5-9-7-1-3-14(12,13)4-2-7/h7-11H,1-6H2. The molecule has 84 valence electrons. The molecule has 1 aliphatic heterocycles. The predicted octanol–water partition coefficient (Wildman–Crippen LogP) is -1.49. The molecule has 1 fully saturated rings. The Labute approximate surface area is 84.1 Å². The molecule has 5 nitrogen and oxygen atoms in total. The summed E-state index contributed by atoms with van der Waals surface area (Å²) >= 11 is 0. The number of aliphatic hydroxyl groups is 2. The zero-order valence-corrected chi connectivity index (χ0v) is 8.83. The highest BCUT2D eigenvalue weighted by atomic mass is 32.2. The fourth-order valence-electron chi connectivity index (χ4n) is 1.46. The molecule has 0 aliphatic carbocycles. The van der Waals surface area contributed by atoms with Crippen LogP contribution >= 0.6 is 0 Å². The van der Waals surface area contributed by atoms with Crippen molar-refractivity contribution in [1.29, 1.82) is 0 Å². The molecule has 1 rings (SSSR count). The lowest BCUT2D eigenvalue weighted by atomic mass is 10.1. The molecule has 0 spiro atoms. The summed E-state index contributed by atoms with van der Waals surface area (Å²) in [6.45, 7) is 0.0548. The molecule has 1 unspecified atom stereocenters. The Morgan fingerprint density at radius 3 is 2.43 bits per heavy atom. The van der Waals surface area contributed by atoms with E-state index in [0.29, 0.717) is 19.4 Å². The summed E-state index contributed by atoms with van der Waals surface area (Å²) in [6, 6.07) is 0.153. The van der Waals surface area contributed by atoms with E-state index in [-0.39, 0.29) is 24.2 Å². The van der Waals surface area contributed by atoms with Crippen molar-refractivity contribution in [3.8, 4) is 0 Å². The number of aliphatic hydroxyl groups excluding tert-OH is 2. The number of rotatable bonds is 4. The second-order valence-electron chi connectivity index (χ2n) is 3.67. The molecule has 6 heteroatoms. The third-order valence-electron chi connectivity index (χ3n) is 2.41. The van der Waals surface area contributed by atoms with Gasteiger partial charge in [0, 0.05) is 12.6 Å². The van der Waals surface area contributed by atoms with Crippen molar-refractivity contribution in [2.75, 3.05) is 24.7 Å². The third kappa shape index (κ3) is 3.91. The molecule has 1 saturated heterocycles. The first kappa shape index (κ1) is 11.9. The molecule has 0 bridgehead atoms. The van der Waals surface area contributed by atoms with Crippen molar-refractivity contribution in [1.82, 2.24) is 5.32 Å². The fourth-order valence-corrected chi connectivity index (χ4v) is 2.95. The van der Waals surface area contributed by atoms with Crippen molar-refractivity contribution in [2.24, 2.45) is 0 Å². The van der Waals surface area contributed by atoms with E-state index in [0.717, 1.165) is 0 Å². The van der Waals surface area contributed by atoms with Crippen LogP contribution in [0.4, 0.5) is 0 Å². The number of hydrogen-bond donors (Lipinski definition) is 3. The summed E-state index contributed by atoms with van der Waals surface area (Å²) in [5, 5.41) is 20.7. The molecular formula is C8H17NO4S. The van der Waals surface area contributed by atoms with Crippen LogP contribution in [-0.4, -0.2) is 55.4 Å². The highest BCUT2D eigenvalue weighted by molar-refractivity contribution is 7.91. The minimum atomic E-state index is -2.81. The summed E-state index contributed by atoms with van der Waals surface area (Å²) in [5.74, 6) is 0.444. The van der Waals surface area contributed by atoms with E-state index < -0.39 is 15.9 Å². The van der Waals surface area contributed by atoms with Crippen molar-refractivity contribution in [3.63, 3.8) is 0 Å².